The highest BCUT2D eigenvalue weighted by atomic mass is 16.2. The van der Waals surface area contributed by atoms with Gasteiger partial charge in [0.15, 0.2) is 0 Å². The highest BCUT2D eigenvalue weighted by Crippen LogP contribution is 2.35. The Bertz CT molecular complexity index is 975. The number of aromatic nitrogens is 4. The van der Waals surface area contributed by atoms with Gasteiger partial charge in [0.2, 0.25) is 5.91 Å². The van der Waals surface area contributed by atoms with E-state index < -0.39 is 0 Å². The molecule has 1 aliphatic rings. The van der Waals surface area contributed by atoms with Crippen molar-refractivity contribution in [3.05, 3.63) is 58.7 Å². The first kappa shape index (κ1) is 19.4. The number of piperidine rings is 1. The van der Waals surface area contributed by atoms with Crippen LogP contribution in [0.2, 0.25) is 0 Å². The lowest BCUT2D eigenvalue weighted by molar-refractivity contribution is -0.132. The van der Waals surface area contributed by atoms with Gasteiger partial charge in [-0.25, -0.2) is 0 Å². The van der Waals surface area contributed by atoms with Gasteiger partial charge in [-0.2, -0.15) is 10.2 Å². The molecule has 6 nitrogen and oxygen atoms in total. The Hall–Kier alpha value is -2.89. The molecule has 1 saturated heterocycles. The van der Waals surface area contributed by atoms with E-state index in [1.54, 1.807) is 0 Å². The molecule has 1 amide bonds. The van der Waals surface area contributed by atoms with Crippen molar-refractivity contribution in [2.45, 2.75) is 52.4 Å². The van der Waals surface area contributed by atoms with E-state index in [1.807, 2.05) is 24.9 Å². The highest BCUT2D eigenvalue weighted by molar-refractivity contribution is 5.76. The summed E-state index contributed by atoms with van der Waals surface area (Å²) < 4.78 is 0. The second-order valence-electron chi connectivity index (χ2n) is 8.08. The lowest BCUT2D eigenvalue weighted by atomic mass is 9.88. The molecule has 4 rings (SSSR count). The van der Waals surface area contributed by atoms with Crippen LogP contribution in [0, 0.1) is 20.8 Å². The van der Waals surface area contributed by atoms with E-state index in [0.717, 1.165) is 43.7 Å². The van der Waals surface area contributed by atoms with Crippen molar-refractivity contribution in [3.8, 4) is 11.1 Å². The molecule has 0 aliphatic carbocycles. The Labute approximate surface area is 171 Å². The van der Waals surface area contributed by atoms with Crippen molar-refractivity contribution in [1.82, 2.24) is 25.3 Å². The molecule has 0 bridgehead atoms. The zero-order chi connectivity index (χ0) is 20.4. The lowest BCUT2D eigenvalue weighted by Crippen LogP contribution is -2.38. The van der Waals surface area contributed by atoms with Crippen LogP contribution in [0.4, 0.5) is 0 Å². The van der Waals surface area contributed by atoms with Crippen LogP contribution in [0.5, 0.6) is 0 Å². The lowest BCUT2D eigenvalue weighted by Gasteiger charge is -2.32. The van der Waals surface area contributed by atoms with Gasteiger partial charge in [-0.1, -0.05) is 24.3 Å². The van der Waals surface area contributed by atoms with Crippen LogP contribution in [-0.4, -0.2) is 44.3 Å². The molecule has 2 aromatic heterocycles. The van der Waals surface area contributed by atoms with Crippen LogP contribution >= 0.6 is 0 Å². The van der Waals surface area contributed by atoms with Crippen LogP contribution in [0.15, 0.2) is 30.5 Å². The van der Waals surface area contributed by atoms with Crippen LogP contribution in [-0.2, 0) is 11.2 Å². The van der Waals surface area contributed by atoms with Crippen LogP contribution in [0.3, 0.4) is 0 Å². The molecule has 0 unspecified atom stereocenters. The fourth-order valence-electron chi connectivity index (χ4n) is 4.45. The molecule has 1 aliphatic heterocycles. The van der Waals surface area contributed by atoms with Crippen molar-refractivity contribution in [3.63, 3.8) is 0 Å². The molecular weight excluding hydrogens is 362 g/mol. The molecular formula is C23H29N5O. The Morgan fingerprint density at radius 2 is 1.86 bits per heavy atom. The molecule has 152 valence electrons. The highest BCUT2D eigenvalue weighted by Gasteiger charge is 2.27. The summed E-state index contributed by atoms with van der Waals surface area (Å²) in [6, 6.07) is 8.43. The van der Waals surface area contributed by atoms with Crippen molar-refractivity contribution < 1.29 is 4.79 Å². The molecule has 0 saturated carbocycles. The number of rotatable bonds is 5. The third-order valence-electron chi connectivity index (χ3n) is 6.23. The number of aromatic amines is 2. The largest absolute Gasteiger partial charge is 0.343 e. The first-order valence-corrected chi connectivity index (χ1v) is 10.4. The number of carbonyl (C=O) groups is 1. The van der Waals surface area contributed by atoms with Gasteiger partial charge < -0.3 is 4.90 Å². The number of aryl methyl sites for hydroxylation is 3. The fraction of sp³-hybridized carbons (Fsp3) is 0.435. The summed E-state index contributed by atoms with van der Waals surface area (Å²) in [4.78, 5) is 14.7. The topological polar surface area (TPSA) is 77.7 Å². The molecule has 1 aromatic carbocycles. The summed E-state index contributed by atoms with van der Waals surface area (Å²) in [7, 11) is 0. The van der Waals surface area contributed by atoms with Crippen LogP contribution < -0.4 is 0 Å². The summed E-state index contributed by atoms with van der Waals surface area (Å²) in [5, 5.41) is 14.8. The maximum Gasteiger partial charge on any atom is 0.222 e. The van der Waals surface area contributed by atoms with Gasteiger partial charge in [-0.15, -0.1) is 0 Å². The number of nitrogens with one attached hydrogen (secondary N) is 2. The summed E-state index contributed by atoms with van der Waals surface area (Å²) in [6.07, 6.45) is 5.17. The Morgan fingerprint density at radius 3 is 2.55 bits per heavy atom. The number of benzene rings is 1. The standard InChI is InChI=1S/C23H29N5O/c1-15-6-4-5-7-19(15)21-14-24-27-23(21)18-10-12-28(13-11-18)22(29)9-8-20-16(2)25-26-17(20)3/h4-7,14,18H,8-13H2,1-3H3,(H,24,27)(H,25,26). The number of carbonyl (C=O) groups excluding carboxylic acids is 1. The minimum Gasteiger partial charge on any atom is -0.343 e. The van der Waals surface area contributed by atoms with Gasteiger partial charge in [0, 0.05) is 42.4 Å². The van der Waals surface area contributed by atoms with Gasteiger partial charge in [0.25, 0.3) is 0 Å². The number of likely N-dealkylation sites (tertiary alicyclic amines) is 1. The molecule has 3 heterocycles. The van der Waals surface area contributed by atoms with Gasteiger partial charge in [-0.05, 0) is 56.7 Å². The van der Waals surface area contributed by atoms with E-state index in [0.29, 0.717) is 12.3 Å². The molecule has 0 radical (unpaired) electrons. The van der Waals surface area contributed by atoms with Crippen molar-refractivity contribution in [2.24, 2.45) is 0 Å². The van der Waals surface area contributed by atoms with Crippen molar-refractivity contribution in [1.29, 1.82) is 0 Å². The van der Waals surface area contributed by atoms with E-state index >= 15 is 0 Å². The monoisotopic (exact) mass is 391 g/mol. The van der Waals surface area contributed by atoms with E-state index in [4.69, 9.17) is 0 Å². The van der Waals surface area contributed by atoms with E-state index in [2.05, 4.69) is 51.6 Å². The van der Waals surface area contributed by atoms with Crippen LogP contribution in [0.25, 0.3) is 11.1 Å². The number of hydrogen-bond acceptors (Lipinski definition) is 3. The summed E-state index contributed by atoms with van der Waals surface area (Å²) in [5.74, 6) is 0.654. The second-order valence-corrected chi connectivity index (χ2v) is 8.08. The number of nitrogens with zero attached hydrogens (tertiary/aromatic N) is 3. The van der Waals surface area contributed by atoms with E-state index in [-0.39, 0.29) is 5.91 Å². The Morgan fingerprint density at radius 1 is 1.10 bits per heavy atom. The zero-order valence-electron chi connectivity index (χ0n) is 17.5. The predicted octanol–water partition coefficient (Wildman–Crippen LogP) is 4.06. The van der Waals surface area contributed by atoms with E-state index in [1.165, 1.54) is 27.9 Å². The minimum absolute atomic E-state index is 0.243. The zero-order valence-corrected chi connectivity index (χ0v) is 17.5. The first-order valence-electron chi connectivity index (χ1n) is 10.4. The third-order valence-corrected chi connectivity index (χ3v) is 6.23. The number of hydrogen-bond donors (Lipinski definition) is 2. The SMILES string of the molecule is Cc1ccccc1-c1cn[nH]c1C1CCN(C(=O)CCc2c(C)n[nH]c2C)CC1. The second kappa shape index (κ2) is 8.23. The average Bonchev–Trinajstić information content (AvgIpc) is 3.34. The van der Waals surface area contributed by atoms with E-state index in [9.17, 15) is 4.79 Å². The molecule has 3 aromatic rings. The maximum atomic E-state index is 12.7. The quantitative estimate of drug-likeness (QED) is 0.688. The van der Waals surface area contributed by atoms with Crippen molar-refractivity contribution in [2.75, 3.05) is 13.1 Å². The summed E-state index contributed by atoms with van der Waals surface area (Å²) in [5.41, 5.74) is 8.13. The summed E-state index contributed by atoms with van der Waals surface area (Å²) >= 11 is 0. The van der Waals surface area contributed by atoms with Crippen molar-refractivity contribution >= 4 is 5.91 Å². The van der Waals surface area contributed by atoms with Gasteiger partial charge in [0.1, 0.15) is 0 Å². The molecule has 0 spiro atoms. The van der Waals surface area contributed by atoms with Gasteiger partial charge >= 0.3 is 0 Å². The summed E-state index contributed by atoms with van der Waals surface area (Å²) in [6.45, 7) is 7.75. The smallest absolute Gasteiger partial charge is 0.222 e. The predicted molar refractivity (Wildman–Crippen MR) is 114 cm³/mol. The minimum atomic E-state index is 0.243. The first-order chi connectivity index (χ1) is 14.0. The normalized spacial score (nSPS) is 15.1. The molecule has 1 fully saturated rings. The maximum absolute atomic E-state index is 12.7. The fourth-order valence-corrected chi connectivity index (χ4v) is 4.45. The van der Waals surface area contributed by atoms with Crippen LogP contribution in [0.1, 0.15) is 53.4 Å². The Balaban J connectivity index is 1.37. The molecule has 29 heavy (non-hydrogen) atoms. The molecule has 0 atom stereocenters. The molecule has 2 N–H and O–H groups in total. The number of H-pyrrole nitrogens is 2. The van der Waals surface area contributed by atoms with Gasteiger partial charge in [-0.3, -0.25) is 15.0 Å². The molecule has 6 heteroatoms. The Kier molecular flexibility index (Phi) is 5.51. The number of amides is 1. The average molecular weight is 392 g/mol. The third kappa shape index (κ3) is 3.97. The van der Waals surface area contributed by atoms with Gasteiger partial charge in [0.05, 0.1) is 11.9 Å².